The number of carbonyl (C=O) groups is 1. The van der Waals surface area contributed by atoms with Crippen molar-refractivity contribution < 1.29 is 9.90 Å². The summed E-state index contributed by atoms with van der Waals surface area (Å²) < 4.78 is 2.00. The number of aromatic nitrogens is 2. The highest BCUT2D eigenvalue weighted by atomic mass is 16.2. The third-order valence-electron chi connectivity index (χ3n) is 3.98. The second-order valence-electron chi connectivity index (χ2n) is 5.55. The highest BCUT2D eigenvalue weighted by molar-refractivity contribution is 6.05. The van der Waals surface area contributed by atoms with Gasteiger partial charge < -0.3 is 15.0 Å². The second-order valence-corrected chi connectivity index (χ2v) is 5.55. The summed E-state index contributed by atoms with van der Waals surface area (Å²) in [7, 11) is 1.96. The lowest BCUT2D eigenvalue weighted by molar-refractivity contribution is 0.102. The van der Waals surface area contributed by atoms with Crippen molar-refractivity contribution in [3.63, 3.8) is 0 Å². The maximum atomic E-state index is 12.4. The van der Waals surface area contributed by atoms with Crippen molar-refractivity contribution in [2.75, 3.05) is 11.9 Å². The Labute approximate surface area is 134 Å². The van der Waals surface area contributed by atoms with Gasteiger partial charge in [-0.3, -0.25) is 4.79 Å². The molecule has 0 aliphatic rings. The molecule has 118 valence electrons. The molecule has 3 rings (SSSR count). The van der Waals surface area contributed by atoms with Gasteiger partial charge in [0.15, 0.2) is 0 Å². The largest absolute Gasteiger partial charge is 0.396 e. The molecule has 1 amide bonds. The van der Waals surface area contributed by atoms with Crippen molar-refractivity contribution >= 4 is 22.6 Å². The van der Waals surface area contributed by atoms with Crippen LogP contribution in [0, 0.1) is 6.92 Å². The van der Waals surface area contributed by atoms with Crippen molar-refractivity contribution in [2.24, 2.45) is 7.05 Å². The molecule has 0 aliphatic heterocycles. The summed E-state index contributed by atoms with van der Waals surface area (Å²) in [4.78, 5) is 16.8. The maximum Gasteiger partial charge on any atom is 0.255 e. The van der Waals surface area contributed by atoms with Crippen molar-refractivity contribution in [1.29, 1.82) is 0 Å². The van der Waals surface area contributed by atoms with E-state index in [0.29, 0.717) is 12.0 Å². The first-order valence-electron chi connectivity index (χ1n) is 7.52. The van der Waals surface area contributed by atoms with Gasteiger partial charge >= 0.3 is 0 Å². The number of amides is 1. The van der Waals surface area contributed by atoms with Gasteiger partial charge in [-0.2, -0.15) is 0 Å². The first-order chi connectivity index (χ1) is 11.1. The minimum Gasteiger partial charge on any atom is -0.396 e. The Bertz CT molecular complexity index is 851. The molecule has 0 saturated heterocycles. The van der Waals surface area contributed by atoms with E-state index in [1.807, 2.05) is 48.9 Å². The fraction of sp³-hybridized carbons (Fsp3) is 0.222. The van der Waals surface area contributed by atoms with Crippen LogP contribution >= 0.6 is 0 Å². The van der Waals surface area contributed by atoms with Crippen molar-refractivity contribution in [3.05, 3.63) is 59.4 Å². The lowest BCUT2D eigenvalue weighted by Gasteiger charge is -2.06. The molecule has 3 aromatic rings. The van der Waals surface area contributed by atoms with Gasteiger partial charge in [0.25, 0.3) is 5.91 Å². The average Bonchev–Trinajstić information content (AvgIpc) is 2.83. The number of carbonyl (C=O) groups excluding carboxylic acids is 1. The van der Waals surface area contributed by atoms with Gasteiger partial charge in [0.2, 0.25) is 0 Å². The summed E-state index contributed by atoms with van der Waals surface area (Å²) in [6.45, 7) is 2.06. The van der Waals surface area contributed by atoms with Gasteiger partial charge in [-0.1, -0.05) is 12.1 Å². The minimum atomic E-state index is -0.162. The number of fused-ring (bicyclic) bond motifs is 1. The number of nitrogens with zero attached hydrogens (tertiary/aromatic N) is 2. The normalized spacial score (nSPS) is 10.9. The Balaban J connectivity index is 1.80. The molecule has 0 atom stereocenters. The van der Waals surface area contributed by atoms with Crippen LogP contribution < -0.4 is 5.32 Å². The molecule has 0 unspecified atom stereocenters. The van der Waals surface area contributed by atoms with Gasteiger partial charge in [-0.05, 0) is 49.2 Å². The molecule has 0 aliphatic carbocycles. The number of aliphatic hydroxyl groups is 1. The summed E-state index contributed by atoms with van der Waals surface area (Å²) >= 11 is 0. The van der Waals surface area contributed by atoms with E-state index in [9.17, 15) is 4.79 Å². The van der Waals surface area contributed by atoms with Gasteiger partial charge in [-0.15, -0.1) is 0 Å². The lowest BCUT2D eigenvalue weighted by Crippen LogP contribution is -2.11. The van der Waals surface area contributed by atoms with Crippen molar-refractivity contribution in [1.82, 2.24) is 9.55 Å². The number of anilines is 1. The maximum absolute atomic E-state index is 12.4. The van der Waals surface area contributed by atoms with Crippen LogP contribution in [-0.2, 0) is 13.5 Å². The minimum absolute atomic E-state index is 0.120. The molecule has 2 aromatic carbocycles. The molecule has 0 radical (unpaired) electrons. The smallest absolute Gasteiger partial charge is 0.255 e. The molecular formula is C18H19N3O2. The first-order valence-corrected chi connectivity index (χ1v) is 7.52. The monoisotopic (exact) mass is 309 g/mol. The molecule has 0 bridgehead atoms. The predicted molar refractivity (Wildman–Crippen MR) is 90.6 cm³/mol. The Morgan fingerprint density at radius 2 is 1.96 bits per heavy atom. The average molecular weight is 309 g/mol. The SMILES string of the molecule is Cc1nc2cc(C(=O)Nc3ccc(CCO)cc3)ccc2n1C. The van der Waals surface area contributed by atoms with E-state index in [1.165, 1.54) is 0 Å². The zero-order valence-corrected chi connectivity index (χ0v) is 13.2. The van der Waals surface area contributed by atoms with Crippen LogP contribution in [0.2, 0.25) is 0 Å². The summed E-state index contributed by atoms with van der Waals surface area (Å²) in [6.07, 6.45) is 0.615. The highest BCUT2D eigenvalue weighted by Crippen LogP contribution is 2.18. The van der Waals surface area contributed by atoms with Crippen molar-refractivity contribution in [2.45, 2.75) is 13.3 Å². The topological polar surface area (TPSA) is 67.2 Å². The van der Waals surface area contributed by atoms with Crippen LogP contribution in [0.3, 0.4) is 0 Å². The number of hydrogen-bond donors (Lipinski definition) is 2. The summed E-state index contributed by atoms with van der Waals surface area (Å²) in [5.41, 5.74) is 4.17. The highest BCUT2D eigenvalue weighted by Gasteiger charge is 2.10. The van der Waals surface area contributed by atoms with Gasteiger partial charge in [0.1, 0.15) is 5.82 Å². The van der Waals surface area contributed by atoms with Gasteiger partial charge in [0.05, 0.1) is 11.0 Å². The standard InChI is InChI=1S/C18H19N3O2/c1-12-19-16-11-14(5-8-17(16)21(12)2)18(23)20-15-6-3-13(4-7-15)9-10-22/h3-8,11,22H,9-10H2,1-2H3,(H,20,23). The Morgan fingerprint density at radius 1 is 1.22 bits per heavy atom. The Kier molecular flexibility index (Phi) is 4.12. The van der Waals surface area contributed by atoms with E-state index in [2.05, 4.69) is 10.3 Å². The zero-order chi connectivity index (χ0) is 16.4. The molecule has 1 heterocycles. The third kappa shape index (κ3) is 3.10. The molecule has 1 aromatic heterocycles. The van der Waals surface area contributed by atoms with E-state index in [-0.39, 0.29) is 12.5 Å². The second kappa shape index (κ2) is 6.22. The molecule has 2 N–H and O–H groups in total. The Morgan fingerprint density at radius 3 is 2.65 bits per heavy atom. The summed E-state index contributed by atoms with van der Waals surface area (Å²) in [5, 5.41) is 11.8. The van der Waals surface area contributed by atoms with Crippen LogP contribution in [-0.4, -0.2) is 27.2 Å². The van der Waals surface area contributed by atoms with Crippen LogP contribution in [0.1, 0.15) is 21.7 Å². The van der Waals surface area contributed by atoms with E-state index in [0.717, 1.165) is 28.1 Å². The number of rotatable bonds is 4. The fourth-order valence-corrected chi connectivity index (χ4v) is 2.55. The van der Waals surface area contributed by atoms with E-state index in [1.54, 1.807) is 12.1 Å². The number of aryl methyl sites for hydroxylation is 2. The molecule has 0 saturated carbocycles. The number of nitrogens with one attached hydrogen (secondary N) is 1. The van der Waals surface area contributed by atoms with E-state index in [4.69, 9.17) is 5.11 Å². The van der Waals surface area contributed by atoms with Crippen LogP contribution in [0.25, 0.3) is 11.0 Å². The molecule has 5 heteroatoms. The Hall–Kier alpha value is -2.66. The molecule has 0 spiro atoms. The molecule has 23 heavy (non-hydrogen) atoms. The van der Waals surface area contributed by atoms with E-state index >= 15 is 0 Å². The van der Waals surface area contributed by atoms with E-state index < -0.39 is 0 Å². The molecule has 0 fully saturated rings. The number of imidazole rings is 1. The summed E-state index contributed by atoms with van der Waals surface area (Å²) in [5.74, 6) is 0.752. The lowest BCUT2D eigenvalue weighted by atomic mass is 10.1. The van der Waals surface area contributed by atoms with Crippen LogP contribution in [0.15, 0.2) is 42.5 Å². The third-order valence-corrected chi connectivity index (χ3v) is 3.98. The first kappa shape index (κ1) is 15.2. The number of benzene rings is 2. The fourth-order valence-electron chi connectivity index (χ4n) is 2.55. The summed E-state index contributed by atoms with van der Waals surface area (Å²) in [6, 6.07) is 13.0. The van der Waals surface area contributed by atoms with Crippen LogP contribution in [0.5, 0.6) is 0 Å². The number of aliphatic hydroxyl groups excluding tert-OH is 1. The predicted octanol–water partition coefficient (Wildman–Crippen LogP) is 2.67. The molecule has 5 nitrogen and oxygen atoms in total. The number of hydrogen-bond acceptors (Lipinski definition) is 3. The van der Waals surface area contributed by atoms with Gasteiger partial charge in [-0.25, -0.2) is 4.98 Å². The van der Waals surface area contributed by atoms with Crippen molar-refractivity contribution in [3.8, 4) is 0 Å². The van der Waals surface area contributed by atoms with Crippen LogP contribution in [0.4, 0.5) is 5.69 Å². The quantitative estimate of drug-likeness (QED) is 0.778. The zero-order valence-electron chi connectivity index (χ0n) is 13.2. The molecular weight excluding hydrogens is 290 g/mol. The van der Waals surface area contributed by atoms with Gasteiger partial charge in [0, 0.05) is 24.9 Å².